The van der Waals surface area contributed by atoms with Crippen LogP contribution >= 0.6 is 0 Å². The molecule has 0 bridgehead atoms. The summed E-state index contributed by atoms with van der Waals surface area (Å²) in [5.74, 6) is 0. The molecule has 4 heterocycles. The molecule has 0 aliphatic heterocycles. The molecule has 9 aromatic rings. The minimum Gasteiger partial charge on any atom is -0.408 e. The van der Waals surface area contributed by atoms with Crippen molar-refractivity contribution in [1.29, 1.82) is 0 Å². The van der Waals surface area contributed by atoms with E-state index in [-0.39, 0.29) is 42.1 Å². The Balaban J connectivity index is 0.00000110. The Morgan fingerprint density at radius 1 is 0.528 bits per heavy atom. The second-order valence-corrected chi connectivity index (χ2v) is 9.23. The molecule has 4 heteroatoms. The van der Waals surface area contributed by atoms with Gasteiger partial charge >= 0.3 is 21.1 Å². The molecule has 0 amide bonds. The van der Waals surface area contributed by atoms with Crippen molar-refractivity contribution in [2.24, 2.45) is 0 Å². The third-order valence-corrected chi connectivity index (χ3v) is 7.57. The first-order valence-electron chi connectivity index (χ1n) is 11.6. The van der Waals surface area contributed by atoms with Gasteiger partial charge in [0, 0.05) is 48.1 Å². The number of fused-ring (bicyclic) bond motifs is 9. The average molecular weight is 796 g/mol. The van der Waals surface area contributed by atoms with Gasteiger partial charge in [0.1, 0.15) is 0 Å². The molecule has 0 aliphatic rings. The molecular formula is C32H16N2W2. The quantitative estimate of drug-likeness (QED) is 0.149. The first-order valence-corrected chi connectivity index (χ1v) is 11.6. The summed E-state index contributed by atoms with van der Waals surface area (Å²) in [6.45, 7) is 0. The van der Waals surface area contributed by atoms with E-state index in [1.165, 1.54) is 59.9 Å². The van der Waals surface area contributed by atoms with Gasteiger partial charge in [-0.15, -0.1) is 29.3 Å². The fourth-order valence-corrected chi connectivity index (χ4v) is 6.23. The third-order valence-electron chi connectivity index (χ3n) is 7.57. The van der Waals surface area contributed by atoms with Crippen molar-refractivity contribution in [1.82, 2.24) is 8.80 Å². The van der Waals surface area contributed by atoms with E-state index >= 15 is 0 Å². The molecule has 0 atom stereocenters. The number of hydrogen-bond acceptors (Lipinski definition) is 0. The Morgan fingerprint density at radius 3 is 2.00 bits per heavy atom. The minimum absolute atomic E-state index is 0. The molecule has 0 saturated heterocycles. The van der Waals surface area contributed by atoms with E-state index in [1.54, 1.807) is 0 Å². The SMILES string of the molecule is [W+2].[W].[c-]1ccccc1-c1[c-]c2cccc3c4cc5c6cccc7c8ccccc8n(c5cc4n1c23)c76. The van der Waals surface area contributed by atoms with Crippen molar-refractivity contribution in [3.05, 3.63) is 109 Å². The molecule has 0 spiro atoms. The van der Waals surface area contributed by atoms with Crippen LogP contribution in [0.5, 0.6) is 0 Å². The molecule has 2 nitrogen and oxygen atoms in total. The monoisotopic (exact) mass is 796 g/mol. The van der Waals surface area contributed by atoms with E-state index in [9.17, 15) is 0 Å². The Bertz CT molecular complexity index is 2220. The zero-order chi connectivity index (χ0) is 22.0. The Morgan fingerprint density at radius 2 is 1.19 bits per heavy atom. The molecule has 9 rings (SSSR count). The predicted molar refractivity (Wildman–Crippen MR) is 141 cm³/mol. The van der Waals surface area contributed by atoms with E-state index in [0.717, 1.165) is 16.6 Å². The van der Waals surface area contributed by atoms with Crippen LogP contribution in [0.2, 0.25) is 0 Å². The summed E-state index contributed by atoms with van der Waals surface area (Å²) in [6.07, 6.45) is 0. The molecule has 0 saturated carbocycles. The Kier molecular flexibility index (Phi) is 4.69. The van der Waals surface area contributed by atoms with Gasteiger partial charge in [0.05, 0.1) is 16.6 Å². The van der Waals surface area contributed by atoms with Gasteiger partial charge in [0.2, 0.25) is 0 Å². The van der Waals surface area contributed by atoms with Crippen LogP contribution in [0.15, 0.2) is 97.1 Å². The smallest absolute Gasteiger partial charge is 0.408 e. The summed E-state index contributed by atoms with van der Waals surface area (Å²) >= 11 is 0. The second kappa shape index (κ2) is 7.66. The summed E-state index contributed by atoms with van der Waals surface area (Å²) in [5, 5.41) is 8.98. The van der Waals surface area contributed by atoms with E-state index in [2.05, 4.69) is 106 Å². The van der Waals surface area contributed by atoms with Crippen LogP contribution in [0, 0.1) is 12.1 Å². The fourth-order valence-electron chi connectivity index (χ4n) is 6.23. The summed E-state index contributed by atoms with van der Waals surface area (Å²) in [4.78, 5) is 0. The number of nitrogens with zero attached hydrogens (tertiary/aromatic N) is 2. The number of hydrogen-bond donors (Lipinski definition) is 0. The zero-order valence-corrected chi connectivity index (χ0v) is 24.8. The molecule has 0 radical (unpaired) electrons. The Hall–Kier alpha value is -3.18. The van der Waals surface area contributed by atoms with Gasteiger partial charge in [-0.2, -0.15) is 30.3 Å². The molecule has 5 aromatic carbocycles. The molecule has 0 aliphatic carbocycles. The predicted octanol–water partition coefficient (Wildman–Crippen LogP) is 8.10. The standard InChI is InChI=1S/C32H16N2.2W/c1-2-8-19(9-3-1)28-16-20-10-6-12-23-25-17-26-24-14-7-13-22-21-11-4-5-15-27(21)33(32(22)24)29(26)18-30(25)34(28)31(20)23;;/h1-8,10-15,17-18H;;/q-2;;+2. The van der Waals surface area contributed by atoms with Crippen LogP contribution in [0.25, 0.3) is 76.5 Å². The fraction of sp³-hybridized carbons (Fsp3) is 0. The van der Waals surface area contributed by atoms with Crippen molar-refractivity contribution >= 4 is 65.3 Å². The van der Waals surface area contributed by atoms with Crippen molar-refractivity contribution < 1.29 is 42.1 Å². The summed E-state index contributed by atoms with van der Waals surface area (Å²) in [5.41, 5.74) is 8.43. The van der Waals surface area contributed by atoms with Gasteiger partial charge < -0.3 is 8.80 Å². The van der Waals surface area contributed by atoms with Crippen molar-refractivity contribution in [3.8, 4) is 11.3 Å². The largest absolute Gasteiger partial charge is 2.00 e. The summed E-state index contributed by atoms with van der Waals surface area (Å²) in [7, 11) is 0. The normalized spacial score (nSPS) is 12.0. The van der Waals surface area contributed by atoms with Crippen molar-refractivity contribution in [3.63, 3.8) is 0 Å². The maximum absolute atomic E-state index is 3.67. The van der Waals surface area contributed by atoms with Gasteiger partial charge in [-0.3, -0.25) is 0 Å². The third kappa shape index (κ3) is 2.54. The Labute approximate surface area is 235 Å². The summed E-state index contributed by atoms with van der Waals surface area (Å²) < 4.78 is 4.84. The van der Waals surface area contributed by atoms with Gasteiger partial charge in [-0.05, 0) is 34.5 Å². The van der Waals surface area contributed by atoms with E-state index < -0.39 is 0 Å². The van der Waals surface area contributed by atoms with Crippen LogP contribution in [0.3, 0.4) is 0 Å². The molecule has 0 fully saturated rings. The van der Waals surface area contributed by atoms with Gasteiger partial charge in [-0.1, -0.05) is 42.5 Å². The number of para-hydroxylation sites is 3. The first-order chi connectivity index (χ1) is 16.9. The van der Waals surface area contributed by atoms with E-state index in [4.69, 9.17) is 0 Å². The number of benzene rings is 5. The van der Waals surface area contributed by atoms with Crippen LogP contribution in [0.1, 0.15) is 0 Å². The van der Waals surface area contributed by atoms with Crippen molar-refractivity contribution in [2.75, 3.05) is 0 Å². The average Bonchev–Trinajstić information content (AvgIpc) is 3.62. The maximum Gasteiger partial charge on any atom is 2.00 e. The van der Waals surface area contributed by atoms with Crippen molar-refractivity contribution in [2.45, 2.75) is 0 Å². The number of rotatable bonds is 1. The van der Waals surface area contributed by atoms with Gasteiger partial charge in [0.25, 0.3) is 0 Å². The van der Waals surface area contributed by atoms with Crippen LogP contribution in [-0.4, -0.2) is 8.80 Å². The molecule has 166 valence electrons. The molecule has 36 heavy (non-hydrogen) atoms. The molecule has 0 N–H and O–H groups in total. The van der Waals surface area contributed by atoms with Crippen LogP contribution in [-0.2, 0) is 42.1 Å². The van der Waals surface area contributed by atoms with E-state index in [0.29, 0.717) is 0 Å². The second-order valence-electron chi connectivity index (χ2n) is 9.23. The summed E-state index contributed by atoms with van der Waals surface area (Å²) in [6, 6.07) is 42.1. The van der Waals surface area contributed by atoms with Crippen LogP contribution < -0.4 is 0 Å². The molecule has 0 unspecified atom stereocenters. The van der Waals surface area contributed by atoms with Gasteiger partial charge in [0.15, 0.2) is 0 Å². The topological polar surface area (TPSA) is 8.82 Å². The maximum atomic E-state index is 3.67. The minimum atomic E-state index is 0. The van der Waals surface area contributed by atoms with Gasteiger partial charge in [-0.25, -0.2) is 5.56 Å². The molecular weight excluding hydrogens is 780 g/mol. The first kappa shape index (κ1) is 22.0. The van der Waals surface area contributed by atoms with E-state index in [1.807, 2.05) is 12.1 Å². The number of aromatic nitrogens is 2. The zero-order valence-electron chi connectivity index (χ0n) is 18.9. The molecule has 4 aromatic heterocycles. The van der Waals surface area contributed by atoms with Crippen LogP contribution in [0.4, 0.5) is 0 Å².